The van der Waals surface area contributed by atoms with E-state index in [1.807, 2.05) is 6.92 Å². The third-order valence-electron chi connectivity index (χ3n) is 6.73. The van der Waals surface area contributed by atoms with Crippen LogP contribution in [0.5, 0.6) is 0 Å². The third-order valence-corrected chi connectivity index (χ3v) is 6.73. The monoisotopic (exact) mass is 350 g/mol. The Kier molecular flexibility index (Phi) is 3.54. The number of hydrogen-bond acceptors (Lipinski definition) is 3. The Bertz CT molecular complexity index is 926. The number of piperidine rings is 1. The van der Waals surface area contributed by atoms with Gasteiger partial charge < -0.3 is 9.30 Å². The van der Waals surface area contributed by atoms with Gasteiger partial charge in [-0.05, 0) is 56.9 Å². The summed E-state index contributed by atoms with van der Waals surface area (Å²) >= 11 is 0. The van der Waals surface area contributed by atoms with Crippen LogP contribution in [0.3, 0.4) is 0 Å². The first-order chi connectivity index (χ1) is 12.7. The molecule has 136 valence electrons. The largest absolute Gasteiger partial charge is 0.461 e. The van der Waals surface area contributed by atoms with Gasteiger partial charge in [0.15, 0.2) is 0 Å². The van der Waals surface area contributed by atoms with E-state index in [1.54, 1.807) is 0 Å². The minimum Gasteiger partial charge on any atom is -0.461 e. The Morgan fingerprint density at radius 1 is 1.27 bits per heavy atom. The first-order valence-electron chi connectivity index (χ1n) is 9.97. The van der Waals surface area contributed by atoms with Gasteiger partial charge in [0.2, 0.25) is 0 Å². The number of carbonyl (C=O) groups excluding carboxylic acids is 1. The Morgan fingerprint density at radius 2 is 2.12 bits per heavy atom. The number of esters is 1. The summed E-state index contributed by atoms with van der Waals surface area (Å²) in [7, 11) is 0. The van der Waals surface area contributed by atoms with Gasteiger partial charge in [-0.1, -0.05) is 25.1 Å². The smallest absolute Gasteiger partial charge is 0.354 e. The molecule has 2 atom stereocenters. The number of ether oxygens (including phenoxy) is 1. The Labute approximate surface area is 154 Å². The fraction of sp³-hybridized carbons (Fsp3) is 0.500. The van der Waals surface area contributed by atoms with Crippen molar-refractivity contribution in [3.63, 3.8) is 0 Å². The van der Waals surface area contributed by atoms with Crippen molar-refractivity contribution in [2.45, 2.75) is 45.6 Å². The fourth-order valence-electron chi connectivity index (χ4n) is 5.63. The van der Waals surface area contributed by atoms with Crippen LogP contribution in [0.15, 0.2) is 30.3 Å². The molecule has 1 saturated heterocycles. The molecule has 0 amide bonds. The van der Waals surface area contributed by atoms with Crippen LogP contribution in [0.4, 0.5) is 0 Å². The fourth-order valence-corrected chi connectivity index (χ4v) is 5.63. The van der Waals surface area contributed by atoms with Gasteiger partial charge in [-0.2, -0.15) is 0 Å². The summed E-state index contributed by atoms with van der Waals surface area (Å²) in [5, 5.41) is 1.30. The van der Waals surface area contributed by atoms with Gasteiger partial charge in [0.1, 0.15) is 5.70 Å². The highest BCUT2D eigenvalue weighted by molar-refractivity contribution is 6.13. The van der Waals surface area contributed by atoms with E-state index in [1.165, 1.54) is 23.1 Å². The maximum Gasteiger partial charge on any atom is 0.354 e. The standard InChI is InChI=1S/C22H26N2O2/c1-3-22-11-7-12-23-13-10-16-15-8-5-6-9-17(15)24(19(16)20(22)23)18(14-22)21(25)26-4-2/h5-6,8-9,14,20H,3-4,7,10-13H2,1-2H3/t20-,22-/m0/s1. The van der Waals surface area contributed by atoms with Crippen LogP contribution < -0.4 is 0 Å². The summed E-state index contributed by atoms with van der Waals surface area (Å²) in [6, 6.07) is 8.92. The molecule has 4 heteroatoms. The van der Waals surface area contributed by atoms with Crippen molar-refractivity contribution in [1.82, 2.24) is 9.47 Å². The van der Waals surface area contributed by atoms with E-state index in [4.69, 9.17) is 4.74 Å². The summed E-state index contributed by atoms with van der Waals surface area (Å²) in [4.78, 5) is 15.6. The van der Waals surface area contributed by atoms with Crippen molar-refractivity contribution >= 4 is 22.6 Å². The third kappa shape index (κ3) is 1.96. The molecule has 0 spiro atoms. The molecule has 5 rings (SSSR count). The van der Waals surface area contributed by atoms with Gasteiger partial charge in [-0.15, -0.1) is 0 Å². The first kappa shape index (κ1) is 16.1. The van der Waals surface area contributed by atoms with Crippen molar-refractivity contribution in [2.75, 3.05) is 19.7 Å². The molecule has 26 heavy (non-hydrogen) atoms. The molecule has 2 aromatic rings. The van der Waals surface area contributed by atoms with E-state index in [2.05, 4.69) is 46.7 Å². The number of aromatic nitrogens is 1. The first-order valence-corrected chi connectivity index (χ1v) is 9.97. The molecular formula is C22H26N2O2. The second-order valence-electron chi connectivity index (χ2n) is 7.85. The second-order valence-corrected chi connectivity index (χ2v) is 7.85. The van der Waals surface area contributed by atoms with Crippen molar-refractivity contribution in [1.29, 1.82) is 0 Å². The summed E-state index contributed by atoms with van der Waals surface area (Å²) in [5.74, 6) is -0.190. The summed E-state index contributed by atoms with van der Waals surface area (Å²) in [6.07, 6.45) is 6.73. The van der Waals surface area contributed by atoms with Gasteiger partial charge >= 0.3 is 5.97 Å². The molecular weight excluding hydrogens is 324 g/mol. The average molecular weight is 350 g/mol. The van der Waals surface area contributed by atoms with Gasteiger partial charge in [0, 0.05) is 23.0 Å². The quantitative estimate of drug-likeness (QED) is 0.780. The molecule has 0 saturated carbocycles. The molecule has 1 aromatic heterocycles. The number of carbonyl (C=O) groups is 1. The zero-order valence-electron chi connectivity index (χ0n) is 15.6. The van der Waals surface area contributed by atoms with E-state index in [9.17, 15) is 4.79 Å². The predicted molar refractivity (Wildman–Crippen MR) is 103 cm³/mol. The Balaban J connectivity index is 1.85. The lowest BCUT2D eigenvalue weighted by molar-refractivity contribution is -0.136. The molecule has 0 unspecified atom stereocenters. The zero-order chi connectivity index (χ0) is 17.9. The highest BCUT2D eigenvalue weighted by Gasteiger charge is 2.51. The minimum atomic E-state index is -0.190. The van der Waals surface area contributed by atoms with Crippen LogP contribution in [0.25, 0.3) is 16.6 Å². The molecule has 1 aromatic carbocycles. The lowest BCUT2D eigenvalue weighted by Gasteiger charge is -2.53. The topological polar surface area (TPSA) is 34.5 Å². The molecule has 3 aliphatic heterocycles. The van der Waals surface area contributed by atoms with Gasteiger partial charge in [-0.3, -0.25) is 4.90 Å². The minimum absolute atomic E-state index is 0.0416. The molecule has 3 aliphatic rings. The maximum absolute atomic E-state index is 12.9. The zero-order valence-corrected chi connectivity index (χ0v) is 15.6. The van der Waals surface area contributed by atoms with Crippen molar-refractivity contribution in [3.8, 4) is 0 Å². The second kappa shape index (κ2) is 5.71. The normalized spacial score (nSPS) is 27.2. The van der Waals surface area contributed by atoms with E-state index in [0.29, 0.717) is 12.6 Å². The van der Waals surface area contributed by atoms with Crippen LogP contribution in [-0.2, 0) is 16.0 Å². The number of benzene rings is 1. The lowest BCUT2D eigenvalue weighted by Crippen LogP contribution is -2.51. The molecule has 0 N–H and O–H groups in total. The number of para-hydroxylation sites is 1. The predicted octanol–water partition coefficient (Wildman–Crippen LogP) is 4.15. The van der Waals surface area contributed by atoms with Crippen LogP contribution in [0.1, 0.15) is 50.4 Å². The van der Waals surface area contributed by atoms with E-state index < -0.39 is 0 Å². The summed E-state index contributed by atoms with van der Waals surface area (Å²) < 4.78 is 7.69. The highest BCUT2D eigenvalue weighted by Crippen LogP contribution is 2.57. The number of fused-ring (bicyclic) bond motifs is 3. The summed E-state index contributed by atoms with van der Waals surface area (Å²) in [5.41, 5.74) is 4.71. The van der Waals surface area contributed by atoms with Gasteiger partial charge in [0.05, 0.1) is 18.2 Å². The molecule has 4 heterocycles. The van der Waals surface area contributed by atoms with E-state index >= 15 is 0 Å². The maximum atomic E-state index is 12.9. The van der Waals surface area contributed by atoms with Gasteiger partial charge in [0.25, 0.3) is 0 Å². The van der Waals surface area contributed by atoms with Crippen LogP contribution >= 0.6 is 0 Å². The molecule has 1 fully saturated rings. The Hall–Kier alpha value is -2.07. The van der Waals surface area contributed by atoms with Crippen molar-refractivity contribution < 1.29 is 9.53 Å². The van der Waals surface area contributed by atoms with Crippen molar-refractivity contribution in [3.05, 3.63) is 41.6 Å². The Morgan fingerprint density at radius 3 is 2.92 bits per heavy atom. The van der Waals surface area contributed by atoms with Crippen molar-refractivity contribution in [2.24, 2.45) is 5.41 Å². The summed E-state index contributed by atoms with van der Waals surface area (Å²) in [6.45, 7) is 6.85. The molecule has 0 radical (unpaired) electrons. The van der Waals surface area contributed by atoms with Gasteiger partial charge in [-0.25, -0.2) is 4.79 Å². The van der Waals surface area contributed by atoms with Crippen LogP contribution in [0.2, 0.25) is 0 Å². The highest BCUT2D eigenvalue weighted by atomic mass is 16.5. The lowest BCUT2D eigenvalue weighted by atomic mass is 9.66. The average Bonchev–Trinajstić information content (AvgIpc) is 3.02. The number of nitrogens with zero attached hydrogens (tertiary/aromatic N) is 2. The molecule has 0 bridgehead atoms. The molecule has 0 aliphatic carbocycles. The van der Waals surface area contributed by atoms with E-state index in [0.717, 1.165) is 43.6 Å². The molecule has 4 nitrogen and oxygen atoms in total. The number of rotatable bonds is 3. The van der Waals surface area contributed by atoms with Crippen LogP contribution in [-0.4, -0.2) is 35.1 Å². The van der Waals surface area contributed by atoms with E-state index in [-0.39, 0.29) is 11.4 Å². The van der Waals surface area contributed by atoms with Crippen LogP contribution in [0, 0.1) is 5.41 Å². The number of hydrogen-bond donors (Lipinski definition) is 0. The SMILES string of the molecule is CCOC(=O)C1=C[C@]2(CC)CCCN3CCc4c(n1c1ccccc41)[C@H]32.